The maximum atomic E-state index is 14.1. The molecule has 0 radical (unpaired) electrons. The molecule has 9 nitrogen and oxygen atoms in total. The molecule has 6 rings (SSSR count). The van der Waals surface area contributed by atoms with Crippen molar-refractivity contribution in [2.24, 2.45) is 0 Å². The molecule has 0 bridgehead atoms. The molecule has 1 aromatic heterocycles. The Bertz CT molecular complexity index is 1920. The molecule has 0 saturated heterocycles. The van der Waals surface area contributed by atoms with Gasteiger partial charge < -0.3 is 19.9 Å². The average molecular weight is 655 g/mol. The van der Waals surface area contributed by atoms with Crippen LogP contribution in [-0.4, -0.2) is 59.4 Å². The molecular formula is C36H32ClFN4O5. The first-order valence-corrected chi connectivity index (χ1v) is 15.6. The van der Waals surface area contributed by atoms with Gasteiger partial charge in [-0.25, -0.2) is 14.1 Å². The summed E-state index contributed by atoms with van der Waals surface area (Å²) < 4.78 is 19.9. The Morgan fingerprint density at radius 2 is 1.68 bits per heavy atom. The number of rotatable bonds is 8. The zero-order valence-corrected chi connectivity index (χ0v) is 26.8. The summed E-state index contributed by atoms with van der Waals surface area (Å²) in [6, 6.07) is 19.9. The highest BCUT2D eigenvalue weighted by Crippen LogP contribution is 2.44. The number of nitrogens with one attached hydrogen (secondary N) is 2. The van der Waals surface area contributed by atoms with Crippen LogP contribution in [0.3, 0.4) is 0 Å². The van der Waals surface area contributed by atoms with E-state index in [9.17, 15) is 23.6 Å². The third-order valence-electron chi connectivity index (χ3n) is 8.73. The van der Waals surface area contributed by atoms with Crippen molar-refractivity contribution in [3.63, 3.8) is 0 Å². The first-order valence-electron chi connectivity index (χ1n) is 15.2. The van der Waals surface area contributed by atoms with Gasteiger partial charge in [0.05, 0.1) is 16.8 Å². The van der Waals surface area contributed by atoms with Gasteiger partial charge >= 0.3 is 11.5 Å². The number of ether oxygens (including phenoxy) is 1. The zero-order chi connectivity index (χ0) is 33.4. The van der Waals surface area contributed by atoms with Crippen molar-refractivity contribution < 1.29 is 28.3 Å². The fourth-order valence-electron chi connectivity index (χ4n) is 6.44. The van der Waals surface area contributed by atoms with Crippen LogP contribution in [0.5, 0.6) is 0 Å². The number of benzene rings is 3. The molecule has 240 valence electrons. The van der Waals surface area contributed by atoms with Gasteiger partial charge in [-0.3, -0.25) is 14.4 Å². The standard InChI is InChI=1S/C36H32ClFN4O5/c1-4-41(36(46)47-19-29-25-11-7-5-9-23(25)24-10-6-8-12-26(24)29)16-15-39-33(43)32-20(2)30(40-21(32)3)18-28-27-17-22(38)13-14-31(27)42(34(28)44)35(37)45/h5-14,17-18,29,40H,4,15-16,19H2,1-3H3,(H,39,43). The van der Waals surface area contributed by atoms with Crippen LogP contribution in [-0.2, 0) is 9.53 Å². The predicted molar refractivity (Wildman–Crippen MR) is 178 cm³/mol. The first-order chi connectivity index (χ1) is 22.6. The van der Waals surface area contributed by atoms with Crippen molar-refractivity contribution >= 4 is 52.2 Å². The van der Waals surface area contributed by atoms with Gasteiger partial charge in [0.25, 0.3) is 11.8 Å². The molecule has 47 heavy (non-hydrogen) atoms. The van der Waals surface area contributed by atoms with Gasteiger partial charge in [-0.15, -0.1) is 0 Å². The maximum absolute atomic E-state index is 14.1. The minimum Gasteiger partial charge on any atom is -0.448 e. The van der Waals surface area contributed by atoms with Gasteiger partial charge in [-0.1, -0.05) is 48.5 Å². The summed E-state index contributed by atoms with van der Waals surface area (Å²) in [5.41, 5.74) is 6.93. The molecule has 2 heterocycles. The number of H-pyrrole nitrogens is 1. The highest BCUT2D eigenvalue weighted by atomic mass is 35.5. The second kappa shape index (κ2) is 12.9. The molecule has 4 amide bonds. The van der Waals surface area contributed by atoms with Crippen LogP contribution in [0.15, 0.2) is 66.7 Å². The number of halogens is 2. The number of carbonyl (C=O) groups excluding carboxylic acids is 4. The van der Waals surface area contributed by atoms with Crippen molar-refractivity contribution in [3.05, 3.63) is 112 Å². The van der Waals surface area contributed by atoms with Gasteiger partial charge in [0.15, 0.2) is 0 Å². The third kappa shape index (κ3) is 5.81. The quantitative estimate of drug-likeness (QED) is 0.121. The second-order valence-corrected chi connectivity index (χ2v) is 11.7. The normalized spacial score (nSPS) is 14.2. The lowest BCUT2D eigenvalue weighted by Crippen LogP contribution is -2.39. The maximum Gasteiger partial charge on any atom is 0.409 e. The van der Waals surface area contributed by atoms with Gasteiger partial charge in [-0.2, -0.15) is 0 Å². The molecular weight excluding hydrogens is 623 g/mol. The van der Waals surface area contributed by atoms with E-state index in [1.54, 1.807) is 13.8 Å². The topological polar surface area (TPSA) is 112 Å². The summed E-state index contributed by atoms with van der Waals surface area (Å²) >= 11 is 5.65. The number of fused-ring (bicyclic) bond motifs is 4. The Balaban J connectivity index is 1.10. The van der Waals surface area contributed by atoms with E-state index in [1.165, 1.54) is 17.0 Å². The van der Waals surface area contributed by atoms with Crippen LogP contribution in [0, 0.1) is 19.7 Å². The van der Waals surface area contributed by atoms with Gasteiger partial charge in [-0.05, 0) is 84.5 Å². The lowest BCUT2D eigenvalue weighted by Gasteiger charge is -2.22. The van der Waals surface area contributed by atoms with Crippen molar-refractivity contribution in [3.8, 4) is 11.1 Å². The summed E-state index contributed by atoms with van der Waals surface area (Å²) in [5.74, 6) is -1.70. The lowest BCUT2D eigenvalue weighted by atomic mass is 9.98. The van der Waals surface area contributed by atoms with E-state index < -0.39 is 23.2 Å². The highest BCUT2D eigenvalue weighted by molar-refractivity contribution is 6.70. The number of amides is 4. The van der Waals surface area contributed by atoms with E-state index in [2.05, 4.69) is 34.6 Å². The molecule has 2 aliphatic rings. The Kier molecular flexibility index (Phi) is 8.70. The van der Waals surface area contributed by atoms with E-state index in [0.717, 1.165) is 39.3 Å². The van der Waals surface area contributed by atoms with Crippen molar-refractivity contribution in [1.82, 2.24) is 15.2 Å². The second-order valence-electron chi connectivity index (χ2n) is 11.4. The number of hydrogen-bond donors (Lipinski definition) is 2. The summed E-state index contributed by atoms with van der Waals surface area (Å²) in [7, 11) is 0. The monoisotopic (exact) mass is 654 g/mol. The summed E-state index contributed by atoms with van der Waals surface area (Å²) in [6.45, 7) is 6.29. The van der Waals surface area contributed by atoms with Crippen LogP contribution >= 0.6 is 11.6 Å². The molecule has 0 unspecified atom stereocenters. The van der Waals surface area contributed by atoms with Crippen LogP contribution in [0.2, 0.25) is 0 Å². The number of aryl methyl sites for hydroxylation is 1. The number of anilines is 1. The van der Waals surface area contributed by atoms with E-state index >= 15 is 0 Å². The highest BCUT2D eigenvalue weighted by Gasteiger charge is 2.37. The molecule has 0 saturated carbocycles. The Morgan fingerprint density at radius 1 is 1.02 bits per heavy atom. The number of aromatic amines is 1. The molecule has 0 spiro atoms. The van der Waals surface area contributed by atoms with Gasteiger partial charge in [0, 0.05) is 42.5 Å². The number of carbonyl (C=O) groups is 4. The van der Waals surface area contributed by atoms with Crippen LogP contribution in [0.25, 0.3) is 22.8 Å². The van der Waals surface area contributed by atoms with Gasteiger partial charge in [0.1, 0.15) is 12.4 Å². The van der Waals surface area contributed by atoms with E-state index in [0.29, 0.717) is 29.1 Å². The van der Waals surface area contributed by atoms with Crippen LogP contribution in [0.1, 0.15) is 56.8 Å². The summed E-state index contributed by atoms with van der Waals surface area (Å²) in [4.78, 5) is 56.8. The summed E-state index contributed by atoms with van der Waals surface area (Å²) in [6.07, 6.45) is 1.02. The molecule has 2 N–H and O–H groups in total. The van der Waals surface area contributed by atoms with E-state index in [4.69, 9.17) is 16.3 Å². The van der Waals surface area contributed by atoms with E-state index in [-0.39, 0.29) is 48.3 Å². The number of nitrogens with zero attached hydrogens (tertiary/aromatic N) is 2. The minimum absolute atomic E-state index is 0.0565. The Hall–Kier alpha value is -5.22. The number of likely N-dealkylation sites (N-methyl/N-ethyl adjacent to an activating group) is 1. The molecule has 0 atom stereocenters. The van der Waals surface area contributed by atoms with Crippen molar-refractivity contribution in [2.45, 2.75) is 26.7 Å². The van der Waals surface area contributed by atoms with E-state index in [1.807, 2.05) is 31.2 Å². The zero-order valence-electron chi connectivity index (χ0n) is 26.0. The van der Waals surface area contributed by atoms with Crippen molar-refractivity contribution in [2.75, 3.05) is 31.1 Å². The SMILES string of the molecule is CCN(CCNC(=O)c1c(C)[nH]c(C=C2C(=O)N(C(=O)Cl)c3ccc(F)cc32)c1C)C(=O)OCC1c2ccccc2-c2ccccc21. The fourth-order valence-corrected chi connectivity index (χ4v) is 6.61. The van der Waals surface area contributed by atoms with Crippen LogP contribution in [0.4, 0.5) is 19.7 Å². The fraction of sp³-hybridized carbons (Fsp3) is 0.222. The molecule has 4 aromatic rings. The molecule has 1 aliphatic heterocycles. The number of imide groups is 1. The average Bonchev–Trinajstić information content (AvgIpc) is 3.63. The van der Waals surface area contributed by atoms with Crippen molar-refractivity contribution in [1.29, 1.82) is 0 Å². The summed E-state index contributed by atoms with van der Waals surface area (Å²) in [5, 5.41) is 1.86. The molecule has 3 aromatic carbocycles. The molecule has 1 aliphatic carbocycles. The number of hydrogen-bond acceptors (Lipinski definition) is 5. The Labute approximate surface area is 276 Å². The number of aromatic nitrogens is 1. The van der Waals surface area contributed by atoms with Gasteiger partial charge in [0.2, 0.25) is 0 Å². The first kappa shape index (κ1) is 31.7. The lowest BCUT2D eigenvalue weighted by molar-refractivity contribution is -0.112. The largest absolute Gasteiger partial charge is 0.448 e. The smallest absolute Gasteiger partial charge is 0.409 e. The molecule has 0 fully saturated rings. The molecule has 11 heteroatoms. The Morgan fingerprint density at radius 3 is 2.32 bits per heavy atom. The van der Waals surface area contributed by atoms with Crippen LogP contribution < -0.4 is 10.2 Å². The predicted octanol–water partition coefficient (Wildman–Crippen LogP) is 7.02. The minimum atomic E-state index is -1.01. The third-order valence-corrected chi connectivity index (χ3v) is 8.90.